The van der Waals surface area contributed by atoms with Crippen molar-refractivity contribution in [1.82, 2.24) is 20.5 Å². The average Bonchev–Trinajstić information content (AvgIpc) is 3.07. The number of aryl methyl sites for hydroxylation is 1. The fraction of sp³-hybridized carbons (Fsp3) is 0.500. The van der Waals surface area contributed by atoms with Crippen LogP contribution in [0, 0.1) is 6.92 Å². The van der Waals surface area contributed by atoms with Crippen LogP contribution in [0.3, 0.4) is 0 Å². The van der Waals surface area contributed by atoms with Gasteiger partial charge in [0.2, 0.25) is 0 Å². The summed E-state index contributed by atoms with van der Waals surface area (Å²) in [6.45, 7) is 7.11. The molecule has 7 nitrogen and oxygen atoms in total. The van der Waals surface area contributed by atoms with E-state index < -0.39 is 0 Å². The summed E-state index contributed by atoms with van der Waals surface area (Å²) in [5.74, 6) is 0.839. The SMILES string of the molecule is CCNC(=NCCc1c[nH]c2c(C)cccc12)NC1CCN(C(N)=O)CC1. The van der Waals surface area contributed by atoms with Crippen molar-refractivity contribution in [3.05, 3.63) is 35.5 Å². The van der Waals surface area contributed by atoms with Crippen molar-refractivity contribution in [3.63, 3.8) is 0 Å². The average molecular weight is 371 g/mol. The number of carbonyl (C=O) groups is 1. The molecule has 2 amide bonds. The highest BCUT2D eigenvalue weighted by Gasteiger charge is 2.21. The number of aromatic amines is 1. The molecule has 27 heavy (non-hydrogen) atoms. The minimum absolute atomic E-state index is 0.314. The molecule has 2 heterocycles. The van der Waals surface area contributed by atoms with Crippen molar-refractivity contribution in [2.75, 3.05) is 26.2 Å². The smallest absolute Gasteiger partial charge is 0.314 e. The van der Waals surface area contributed by atoms with Gasteiger partial charge < -0.3 is 26.3 Å². The van der Waals surface area contributed by atoms with Crippen LogP contribution >= 0.6 is 0 Å². The summed E-state index contributed by atoms with van der Waals surface area (Å²) in [7, 11) is 0. The Bertz CT molecular complexity index is 804. The Kier molecular flexibility index (Phi) is 6.21. The first kappa shape index (κ1) is 19.1. The number of nitrogens with one attached hydrogen (secondary N) is 3. The quantitative estimate of drug-likeness (QED) is 0.479. The summed E-state index contributed by atoms with van der Waals surface area (Å²) in [5.41, 5.74) is 9.12. The van der Waals surface area contributed by atoms with Crippen molar-refractivity contribution in [1.29, 1.82) is 0 Å². The Morgan fingerprint density at radius 3 is 2.85 bits per heavy atom. The number of H-pyrrole nitrogens is 1. The van der Waals surface area contributed by atoms with Crippen molar-refractivity contribution in [2.24, 2.45) is 10.7 Å². The molecule has 7 heteroatoms. The van der Waals surface area contributed by atoms with Crippen LogP contribution in [-0.4, -0.2) is 54.1 Å². The van der Waals surface area contributed by atoms with Gasteiger partial charge in [0.05, 0.1) is 0 Å². The lowest BCUT2D eigenvalue weighted by molar-refractivity contribution is 0.188. The van der Waals surface area contributed by atoms with E-state index in [9.17, 15) is 4.79 Å². The second-order valence-electron chi connectivity index (χ2n) is 7.07. The summed E-state index contributed by atoms with van der Waals surface area (Å²) >= 11 is 0. The second kappa shape index (κ2) is 8.79. The molecule has 0 radical (unpaired) electrons. The fourth-order valence-corrected chi connectivity index (χ4v) is 3.62. The predicted molar refractivity (Wildman–Crippen MR) is 110 cm³/mol. The Balaban J connectivity index is 1.57. The minimum Gasteiger partial charge on any atom is -0.361 e. The van der Waals surface area contributed by atoms with E-state index in [0.29, 0.717) is 19.1 Å². The van der Waals surface area contributed by atoms with E-state index in [0.717, 1.165) is 38.3 Å². The summed E-state index contributed by atoms with van der Waals surface area (Å²) < 4.78 is 0. The van der Waals surface area contributed by atoms with E-state index in [1.165, 1.54) is 22.0 Å². The van der Waals surface area contributed by atoms with Gasteiger partial charge in [-0.05, 0) is 44.2 Å². The normalized spacial score (nSPS) is 15.9. The van der Waals surface area contributed by atoms with Crippen molar-refractivity contribution in [2.45, 2.75) is 39.2 Å². The van der Waals surface area contributed by atoms with Gasteiger partial charge in [0.25, 0.3) is 0 Å². The van der Waals surface area contributed by atoms with Gasteiger partial charge in [-0.2, -0.15) is 0 Å². The van der Waals surface area contributed by atoms with Crippen molar-refractivity contribution >= 4 is 22.9 Å². The number of benzene rings is 1. The first-order chi connectivity index (χ1) is 13.1. The van der Waals surface area contributed by atoms with Gasteiger partial charge >= 0.3 is 6.03 Å². The number of primary amides is 1. The standard InChI is InChI=1S/C20H30N6O/c1-3-22-20(25-16-8-11-26(12-9-16)19(21)27)23-10-7-15-13-24-18-14(2)5-4-6-17(15)18/h4-6,13,16,24H,3,7-12H2,1-2H3,(H2,21,27)(H2,22,23,25). The van der Waals surface area contributed by atoms with Crippen LogP contribution < -0.4 is 16.4 Å². The van der Waals surface area contributed by atoms with Gasteiger partial charge in [0, 0.05) is 49.3 Å². The molecule has 146 valence electrons. The van der Waals surface area contributed by atoms with E-state index in [2.05, 4.69) is 53.9 Å². The number of nitrogens with two attached hydrogens (primary N) is 1. The van der Waals surface area contributed by atoms with Crippen LogP contribution in [0.1, 0.15) is 30.9 Å². The Morgan fingerprint density at radius 1 is 1.37 bits per heavy atom. The summed E-state index contributed by atoms with van der Waals surface area (Å²) in [6, 6.07) is 6.37. The molecule has 3 rings (SSSR count). The lowest BCUT2D eigenvalue weighted by Gasteiger charge is -2.32. The maximum absolute atomic E-state index is 11.2. The number of piperidine rings is 1. The Labute approximate surface area is 160 Å². The Hall–Kier alpha value is -2.70. The van der Waals surface area contributed by atoms with Crippen LogP contribution in [0.2, 0.25) is 0 Å². The number of rotatable bonds is 5. The molecule has 1 aliphatic rings. The molecular formula is C20H30N6O. The zero-order chi connectivity index (χ0) is 19.2. The van der Waals surface area contributed by atoms with Gasteiger partial charge in [-0.25, -0.2) is 4.79 Å². The van der Waals surface area contributed by atoms with Crippen molar-refractivity contribution in [3.8, 4) is 0 Å². The van der Waals surface area contributed by atoms with Crippen LogP contribution in [-0.2, 0) is 6.42 Å². The highest BCUT2D eigenvalue weighted by molar-refractivity contribution is 5.86. The van der Waals surface area contributed by atoms with E-state index in [-0.39, 0.29) is 6.03 Å². The lowest BCUT2D eigenvalue weighted by atomic mass is 10.1. The van der Waals surface area contributed by atoms with Crippen LogP contribution in [0.15, 0.2) is 29.4 Å². The summed E-state index contributed by atoms with van der Waals surface area (Å²) in [5, 5.41) is 8.09. The third-order valence-corrected chi connectivity index (χ3v) is 5.15. The Morgan fingerprint density at radius 2 is 2.15 bits per heavy atom. The van der Waals surface area contributed by atoms with Gasteiger partial charge in [0.1, 0.15) is 0 Å². The number of aliphatic imine (C=N–C) groups is 1. The number of para-hydroxylation sites is 1. The molecule has 1 aromatic heterocycles. The molecule has 2 aromatic rings. The second-order valence-corrected chi connectivity index (χ2v) is 7.07. The molecule has 0 spiro atoms. The van der Waals surface area contributed by atoms with Crippen molar-refractivity contribution < 1.29 is 4.79 Å². The first-order valence-corrected chi connectivity index (χ1v) is 9.73. The molecule has 1 aliphatic heterocycles. The highest BCUT2D eigenvalue weighted by Crippen LogP contribution is 2.21. The van der Waals surface area contributed by atoms with Gasteiger partial charge in [-0.1, -0.05) is 18.2 Å². The maximum atomic E-state index is 11.2. The summed E-state index contributed by atoms with van der Waals surface area (Å²) in [4.78, 5) is 21.1. The summed E-state index contributed by atoms with van der Waals surface area (Å²) in [6.07, 6.45) is 4.75. The lowest BCUT2D eigenvalue weighted by Crippen LogP contribution is -2.50. The molecule has 1 aromatic carbocycles. The van der Waals surface area contributed by atoms with E-state index in [1.807, 2.05) is 0 Å². The number of hydrogen-bond donors (Lipinski definition) is 4. The molecule has 1 fully saturated rings. The van der Waals surface area contributed by atoms with Gasteiger partial charge in [-0.15, -0.1) is 0 Å². The number of amides is 2. The number of likely N-dealkylation sites (tertiary alicyclic amines) is 1. The topological polar surface area (TPSA) is 98.5 Å². The molecular weight excluding hydrogens is 340 g/mol. The number of hydrogen-bond acceptors (Lipinski definition) is 2. The van der Waals surface area contributed by atoms with Gasteiger partial charge in [0.15, 0.2) is 5.96 Å². The largest absolute Gasteiger partial charge is 0.361 e. The molecule has 0 aliphatic carbocycles. The molecule has 0 unspecified atom stereocenters. The molecule has 0 atom stereocenters. The van der Waals surface area contributed by atoms with Crippen LogP contribution in [0.5, 0.6) is 0 Å². The van der Waals surface area contributed by atoms with Crippen LogP contribution in [0.4, 0.5) is 4.79 Å². The number of urea groups is 1. The monoisotopic (exact) mass is 370 g/mol. The zero-order valence-corrected chi connectivity index (χ0v) is 16.2. The minimum atomic E-state index is -0.331. The molecule has 0 bridgehead atoms. The van der Waals surface area contributed by atoms with Crippen LogP contribution in [0.25, 0.3) is 10.9 Å². The number of aromatic nitrogens is 1. The molecule has 0 saturated carbocycles. The third kappa shape index (κ3) is 4.72. The fourth-order valence-electron chi connectivity index (χ4n) is 3.62. The highest BCUT2D eigenvalue weighted by atomic mass is 16.2. The third-order valence-electron chi connectivity index (χ3n) is 5.15. The maximum Gasteiger partial charge on any atom is 0.314 e. The number of fused-ring (bicyclic) bond motifs is 1. The number of guanidine groups is 1. The predicted octanol–water partition coefficient (Wildman–Crippen LogP) is 2.12. The van der Waals surface area contributed by atoms with E-state index in [4.69, 9.17) is 10.7 Å². The van der Waals surface area contributed by atoms with E-state index in [1.54, 1.807) is 4.90 Å². The van der Waals surface area contributed by atoms with Gasteiger partial charge in [-0.3, -0.25) is 4.99 Å². The first-order valence-electron chi connectivity index (χ1n) is 9.73. The zero-order valence-electron chi connectivity index (χ0n) is 16.2. The molecule has 5 N–H and O–H groups in total. The molecule has 1 saturated heterocycles. The van der Waals surface area contributed by atoms with E-state index >= 15 is 0 Å². The number of nitrogens with zero attached hydrogens (tertiary/aromatic N) is 2. The number of carbonyl (C=O) groups excluding carboxylic acids is 1.